The SMILES string of the molecule is CCCCCSC1C(C(=O)O)C1(C)C. The minimum Gasteiger partial charge on any atom is -0.481 e. The van der Waals surface area contributed by atoms with E-state index >= 15 is 0 Å². The summed E-state index contributed by atoms with van der Waals surface area (Å²) in [5.74, 6) is 0.378. The average molecular weight is 216 g/mol. The predicted octanol–water partition coefficient (Wildman–Crippen LogP) is 3.02. The maximum absolute atomic E-state index is 10.9. The van der Waals surface area contributed by atoms with Crippen LogP contribution < -0.4 is 0 Å². The van der Waals surface area contributed by atoms with Crippen molar-refractivity contribution in [3.05, 3.63) is 0 Å². The van der Waals surface area contributed by atoms with E-state index in [1.54, 1.807) is 0 Å². The molecule has 0 bridgehead atoms. The summed E-state index contributed by atoms with van der Waals surface area (Å²) < 4.78 is 0. The minimum absolute atomic E-state index is 0.0166. The standard InChI is InChI=1S/C11H20O2S/c1-4-5-6-7-14-9-8(10(12)13)11(9,2)3/h8-9H,4-7H2,1-3H3,(H,12,13). The molecule has 3 heteroatoms. The Morgan fingerprint density at radius 2 is 2.07 bits per heavy atom. The molecule has 1 aliphatic carbocycles. The smallest absolute Gasteiger partial charge is 0.308 e. The molecule has 0 aromatic carbocycles. The fourth-order valence-corrected chi connectivity index (χ4v) is 3.69. The molecule has 1 saturated carbocycles. The Labute approximate surface area is 90.5 Å². The zero-order valence-electron chi connectivity index (χ0n) is 9.25. The first-order chi connectivity index (χ1) is 6.51. The molecule has 0 aromatic rings. The third kappa shape index (κ3) is 2.44. The summed E-state index contributed by atoms with van der Waals surface area (Å²) in [4.78, 5) is 10.9. The van der Waals surface area contributed by atoms with Crippen LogP contribution in [0.2, 0.25) is 0 Å². The number of hydrogen-bond acceptors (Lipinski definition) is 2. The Morgan fingerprint density at radius 3 is 2.50 bits per heavy atom. The number of carboxylic acid groups (broad SMARTS) is 1. The van der Waals surface area contributed by atoms with Crippen LogP contribution in [0.25, 0.3) is 0 Å². The highest BCUT2D eigenvalue weighted by Gasteiger charge is 2.62. The fourth-order valence-electron chi connectivity index (χ4n) is 1.91. The second kappa shape index (κ2) is 4.56. The molecule has 2 atom stereocenters. The molecule has 82 valence electrons. The highest BCUT2D eigenvalue weighted by Crippen LogP contribution is 2.59. The van der Waals surface area contributed by atoms with Gasteiger partial charge in [-0.05, 0) is 17.6 Å². The van der Waals surface area contributed by atoms with Crippen LogP contribution in [0.4, 0.5) is 0 Å². The summed E-state index contributed by atoms with van der Waals surface area (Å²) in [6.07, 6.45) is 3.72. The van der Waals surface area contributed by atoms with Gasteiger partial charge in [0.15, 0.2) is 0 Å². The molecule has 1 rings (SSSR count). The summed E-state index contributed by atoms with van der Waals surface area (Å²) >= 11 is 1.84. The van der Waals surface area contributed by atoms with E-state index in [2.05, 4.69) is 20.8 Å². The summed E-state index contributed by atoms with van der Waals surface area (Å²) in [7, 11) is 0. The van der Waals surface area contributed by atoms with Crippen molar-refractivity contribution in [1.82, 2.24) is 0 Å². The van der Waals surface area contributed by atoms with Crippen molar-refractivity contribution in [3.63, 3.8) is 0 Å². The largest absolute Gasteiger partial charge is 0.481 e. The first-order valence-corrected chi connectivity index (χ1v) is 6.41. The second-order valence-electron chi connectivity index (χ2n) is 4.64. The first kappa shape index (κ1) is 11.9. The van der Waals surface area contributed by atoms with Gasteiger partial charge in [-0.3, -0.25) is 4.79 Å². The quantitative estimate of drug-likeness (QED) is 0.693. The monoisotopic (exact) mass is 216 g/mol. The lowest BCUT2D eigenvalue weighted by molar-refractivity contribution is -0.139. The number of thioether (sulfide) groups is 1. The number of carbonyl (C=O) groups is 1. The number of aliphatic carboxylic acids is 1. The molecule has 0 amide bonds. The van der Waals surface area contributed by atoms with E-state index in [-0.39, 0.29) is 11.3 Å². The Kier molecular flexibility index (Phi) is 3.87. The van der Waals surface area contributed by atoms with Crippen LogP contribution in [0.15, 0.2) is 0 Å². The highest BCUT2D eigenvalue weighted by molar-refractivity contribution is 8.00. The van der Waals surface area contributed by atoms with Crippen molar-refractivity contribution in [1.29, 1.82) is 0 Å². The van der Waals surface area contributed by atoms with Gasteiger partial charge in [0, 0.05) is 5.25 Å². The maximum Gasteiger partial charge on any atom is 0.308 e. The van der Waals surface area contributed by atoms with Crippen LogP contribution in [-0.4, -0.2) is 22.1 Å². The highest BCUT2D eigenvalue weighted by atomic mass is 32.2. The molecule has 2 nitrogen and oxygen atoms in total. The van der Waals surface area contributed by atoms with Crippen LogP contribution in [-0.2, 0) is 4.79 Å². The van der Waals surface area contributed by atoms with E-state index in [4.69, 9.17) is 5.11 Å². The lowest BCUT2D eigenvalue weighted by Gasteiger charge is -2.01. The molecule has 0 spiro atoms. The van der Waals surface area contributed by atoms with Crippen LogP contribution in [0, 0.1) is 11.3 Å². The molecule has 0 heterocycles. The summed E-state index contributed by atoms with van der Waals surface area (Å²) in [6, 6.07) is 0. The van der Waals surface area contributed by atoms with Crippen LogP contribution in [0.1, 0.15) is 40.0 Å². The number of rotatable bonds is 6. The molecule has 1 N–H and O–H groups in total. The van der Waals surface area contributed by atoms with E-state index in [0.29, 0.717) is 5.25 Å². The lowest BCUT2D eigenvalue weighted by Crippen LogP contribution is -2.03. The number of carboxylic acids is 1. The van der Waals surface area contributed by atoms with Gasteiger partial charge in [-0.15, -0.1) is 0 Å². The Balaban J connectivity index is 2.24. The molecule has 0 saturated heterocycles. The van der Waals surface area contributed by atoms with E-state index < -0.39 is 5.97 Å². The van der Waals surface area contributed by atoms with Crippen LogP contribution in [0.5, 0.6) is 0 Å². The van der Waals surface area contributed by atoms with Crippen molar-refractivity contribution >= 4 is 17.7 Å². The summed E-state index contributed by atoms with van der Waals surface area (Å²) in [5, 5.41) is 9.29. The average Bonchev–Trinajstić information content (AvgIpc) is 2.62. The molecule has 0 radical (unpaired) electrons. The maximum atomic E-state index is 10.9. The predicted molar refractivity (Wildman–Crippen MR) is 60.7 cm³/mol. The van der Waals surface area contributed by atoms with Gasteiger partial charge in [-0.25, -0.2) is 0 Å². The van der Waals surface area contributed by atoms with Gasteiger partial charge < -0.3 is 5.11 Å². The zero-order chi connectivity index (χ0) is 10.8. The topological polar surface area (TPSA) is 37.3 Å². The second-order valence-corrected chi connectivity index (χ2v) is 5.89. The van der Waals surface area contributed by atoms with Crippen molar-refractivity contribution < 1.29 is 9.90 Å². The molecule has 1 aliphatic rings. The number of unbranched alkanes of at least 4 members (excludes halogenated alkanes) is 2. The van der Waals surface area contributed by atoms with Crippen LogP contribution >= 0.6 is 11.8 Å². The zero-order valence-corrected chi connectivity index (χ0v) is 10.1. The molecule has 14 heavy (non-hydrogen) atoms. The number of hydrogen-bond donors (Lipinski definition) is 1. The lowest BCUT2D eigenvalue weighted by atomic mass is 10.1. The first-order valence-electron chi connectivity index (χ1n) is 5.36. The van der Waals surface area contributed by atoms with Gasteiger partial charge in [-0.2, -0.15) is 11.8 Å². The van der Waals surface area contributed by atoms with E-state index in [9.17, 15) is 4.79 Å². The summed E-state index contributed by atoms with van der Waals surface area (Å²) in [6.45, 7) is 6.30. The van der Waals surface area contributed by atoms with E-state index in [0.717, 1.165) is 5.75 Å². The normalized spacial score (nSPS) is 28.8. The van der Waals surface area contributed by atoms with Gasteiger partial charge in [0.05, 0.1) is 5.92 Å². The van der Waals surface area contributed by atoms with Gasteiger partial charge in [-0.1, -0.05) is 33.6 Å². The Bertz CT molecular complexity index is 213. The summed E-state index contributed by atoms with van der Waals surface area (Å²) in [5.41, 5.74) is 0.0166. The van der Waals surface area contributed by atoms with E-state index in [1.165, 1.54) is 19.3 Å². The van der Waals surface area contributed by atoms with E-state index in [1.807, 2.05) is 11.8 Å². The minimum atomic E-state index is -0.622. The van der Waals surface area contributed by atoms with Crippen molar-refractivity contribution in [2.45, 2.75) is 45.3 Å². The van der Waals surface area contributed by atoms with Crippen LogP contribution in [0.3, 0.4) is 0 Å². The van der Waals surface area contributed by atoms with Crippen molar-refractivity contribution in [2.24, 2.45) is 11.3 Å². The Morgan fingerprint density at radius 1 is 1.43 bits per heavy atom. The third-order valence-electron chi connectivity index (χ3n) is 3.04. The van der Waals surface area contributed by atoms with Gasteiger partial charge in [0.2, 0.25) is 0 Å². The van der Waals surface area contributed by atoms with Gasteiger partial charge >= 0.3 is 5.97 Å². The van der Waals surface area contributed by atoms with Crippen molar-refractivity contribution in [3.8, 4) is 0 Å². The van der Waals surface area contributed by atoms with Crippen molar-refractivity contribution in [2.75, 3.05) is 5.75 Å². The molecular formula is C11H20O2S. The molecule has 0 aromatic heterocycles. The molecule has 1 fully saturated rings. The molecule has 0 aliphatic heterocycles. The molecular weight excluding hydrogens is 196 g/mol. The Hall–Kier alpha value is -0.180. The van der Waals surface area contributed by atoms with Gasteiger partial charge in [0.25, 0.3) is 0 Å². The third-order valence-corrected chi connectivity index (χ3v) is 4.80. The molecule has 2 unspecified atom stereocenters. The fraction of sp³-hybridized carbons (Fsp3) is 0.909. The van der Waals surface area contributed by atoms with Gasteiger partial charge in [0.1, 0.15) is 0 Å².